The number of para-hydroxylation sites is 1. The molecule has 0 aliphatic rings. The van der Waals surface area contributed by atoms with Crippen LogP contribution in [0.4, 0.5) is 5.69 Å². The number of thiazole rings is 1. The zero-order chi connectivity index (χ0) is 19.1. The molecule has 0 bridgehead atoms. The number of nitrogens with zero attached hydrogens (tertiary/aromatic N) is 1. The molecule has 0 aliphatic carbocycles. The van der Waals surface area contributed by atoms with Crippen molar-refractivity contribution in [2.45, 2.75) is 32.6 Å². The number of fused-ring (bicyclic) bond motifs is 1. The van der Waals surface area contributed by atoms with Crippen molar-refractivity contribution in [2.75, 3.05) is 11.9 Å². The lowest BCUT2D eigenvalue weighted by Gasteiger charge is -2.07. The standard InChI is InChI=1S/C21H22N2O3S/c1-2-15-7-5-8-16(13-15)22-19(24)14-26-21(25)12-6-11-20-23-17-9-3-4-10-18(17)27-20/h3-5,7-10,13H,2,6,11-12,14H2,1H3,(H,22,24). The van der Waals surface area contributed by atoms with Crippen molar-refractivity contribution in [2.24, 2.45) is 0 Å². The minimum Gasteiger partial charge on any atom is -0.456 e. The Balaban J connectivity index is 1.38. The molecule has 0 atom stereocenters. The van der Waals surface area contributed by atoms with Crippen LogP contribution in [0, 0.1) is 0 Å². The summed E-state index contributed by atoms with van der Waals surface area (Å²) in [4.78, 5) is 28.3. The highest BCUT2D eigenvalue weighted by Gasteiger charge is 2.09. The second kappa shape index (κ2) is 9.28. The van der Waals surface area contributed by atoms with Gasteiger partial charge in [-0.2, -0.15) is 0 Å². The van der Waals surface area contributed by atoms with Gasteiger partial charge in [-0.05, 0) is 49.1 Å². The first kappa shape index (κ1) is 19.0. The second-order valence-electron chi connectivity index (χ2n) is 6.19. The van der Waals surface area contributed by atoms with Gasteiger partial charge in [0.2, 0.25) is 0 Å². The monoisotopic (exact) mass is 382 g/mol. The number of aromatic nitrogens is 1. The van der Waals surface area contributed by atoms with E-state index in [1.807, 2.05) is 48.5 Å². The van der Waals surface area contributed by atoms with Gasteiger partial charge in [0.05, 0.1) is 15.2 Å². The lowest BCUT2D eigenvalue weighted by molar-refractivity contribution is -0.147. The second-order valence-corrected chi connectivity index (χ2v) is 7.31. The zero-order valence-corrected chi connectivity index (χ0v) is 16.1. The summed E-state index contributed by atoms with van der Waals surface area (Å²) in [5, 5.41) is 3.76. The Bertz CT molecular complexity index is 903. The number of hydrogen-bond donors (Lipinski definition) is 1. The minimum atomic E-state index is -0.367. The van der Waals surface area contributed by atoms with E-state index in [0.29, 0.717) is 12.1 Å². The van der Waals surface area contributed by atoms with Crippen LogP contribution >= 0.6 is 11.3 Å². The summed E-state index contributed by atoms with van der Waals surface area (Å²) in [6.45, 7) is 1.79. The highest BCUT2D eigenvalue weighted by molar-refractivity contribution is 7.18. The van der Waals surface area contributed by atoms with E-state index < -0.39 is 0 Å². The summed E-state index contributed by atoms with van der Waals surface area (Å²) >= 11 is 1.64. The summed E-state index contributed by atoms with van der Waals surface area (Å²) in [6, 6.07) is 15.6. The van der Waals surface area contributed by atoms with Crippen LogP contribution in [-0.4, -0.2) is 23.5 Å². The highest BCUT2D eigenvalue weighted by Crippen LogP contribution is 2.22. The van der Waals surface area contributed by atoms with Crippen LogP contribution in [0.15, 0.2) is 48.5 Å². The molecule has 1 amide bonds. The zero-order valence-electron chi connectivity index (χ0n) is 15.2. The lowest BCUT2D eigenvalue weighted by atomic mass is 10.1. The molecule has 0 unspecified atom stereocenters. The van der Waals surface area contributed by atoms with Crippen molar-refractivity contribution in [1.82, 2.24) is 4.98 Å². The van der Waals surface area contributed by atoms with Gasteiger partial charge >= 0.3 is 5.97 Å². The van der Waals surface area contributed by atoms with E-state index in [-0.39, 0.29) is 24.9 Å². The molecule has 2 aromatic carbocycles. The van der Waals surface area contributed by atoms with Crippen LogP contribution in [0.3, 0.4) is 0 Å². The number of ether oxygens (including phenoxy) is 1. The van der Waals surface area contributed by atoms with E-state index in [9.17, 15) is 9.59 Å². The normalized spacial score (nSPS) is 10.7. The predicted octanol–water partition coefficient (Wildman–Crippen LogP) is 4.36. The number of carbonyl (C=O) groups is 2. The summed E-state index contributed by atoms with van der Waals surface area (Å²) in [5.74, 6) is -0.698. The van der Waals surface area contributed by atoms with Crippen molar-refractivity contribution < 1.29 is 14.3 Å². The topological polar surface area (TPSA) is 68.3 Å². The molecule has 0 aliphatic heterocycles. The van der Waals surface area contributed by atoms with Gasteiger partial charge in [-0.15, -0.1) is 11.3 Å². The lowest BCUT2D eigenvalue weighted by Crippen LogP contribution is -2.20. The Morgan fingerprint density at radius 1 is 1.15 bits per heavy atom. The van der Waals surface area contributed by atoms with Gasteiger partial charge < -0.3 is 10.1 Å². The molecule has 0 fully saturated rings. The fourth-order valence-electron chi connectivity index (χ4n) is 2.70. The Morgan fingerprint density at radius 3 is 2.81 bits per heavy atom. The first-order valence-electron chi connectivity index (χ1n) is 9.03. The van der Waals surface area contributed by atoms with Crippen LogP contribution in [0.1, 0.15) is 30.3 Å². The third-order valence-electron chi connectivity index (χ3n) is 4.09. The SMILES string of the molecule is CCc1cccc(NC(=O)COC(=O)CCCc2nc3ccccc3s2)c1. The fourth-order valence-corrected chi connectivity index (χ4v) is 3.70. The number of esters is 1. The Hall–Kier alpha value is -2.73. The Kier molecular flexibility index (Phi) is 6.54. The summed E-state index contributed by atoms with van der Waals surface area (Å²) in [6.07, 6.45) is 2.55. The van der Waals surface area contributed by atoms with E-state index in [1.54, 1.807) is 11.3 Å². The van der Waals surface area contributed by atoms with Crippen molar-refractivity contribution in [3.8, 4) is 0 Å². The first-order chi connectivity index (χ1) is 13.1. The minimum absolute atomic E-state index is 0.268. The number of rotatable bonds is 8. The van der Waals surface area contributed by atoms with Crippen molar-refractivity contribution in [1.29, 1.82) is 0 Å². The number of amides is 1. The maximum absolute atomic E-state index is 11.9. The average molecular weight is 382 g/mol. The molecule has 3 rings (SSSR count). The number of carbonyl (C=O) groups excluding carboxylic acids is 2. The third kappa shape index (κ3) is 5.62. The molecule has 0 saturated heterocycles. The van der Waals surface area contributed by atoms with Gasteiger partial charge in [0.25, 0.3) is 5.91 Å². The number of benzene rings is 2. The molecule has 5 nitrogen and oxygen atoms in total. The van der Waals surface area contributed by atoms with Gasteiger partial charge in [0.1, 0.15) is 0 Å². The molecule has 1 N–H and O–H groups in total. The van der Waals surface area contributed by atoms with Crippen LogP contribution in [0.25, 0.3) is 10.2 Å². The smallest absolute Gasteiger partial charge is 0.306 e. The average Bonchev–Trinajstić information content (AvgIpc) is 3.09. The molecule has 6 heteroatoms. The highest BCUT2D eigenvalue weighted by atomic mass is 32.1. The number of nitrogens with one attached hydrogen (secondary N) is 1. The molecule has 140 valence electrons. The number of anilines is 1. The van der Waals surface area contributed by atoms with Gasteiger partial charge in [0, 0.05) is 12.1 Å². The van der Waals surface area contributed by atoms with Gasteiger partial charge in [0.15, 0.2) is 6.61 Å². The Morgan fingerprint density at radius 2 is 2.00 bits per heavy atom. The van der Waals surface area contributed by atoms with E-state index >= 15 is 0 Å². The Labute approximate surface area is 162 Å². The van der Waals surface area contributed by atoms with Crippen LogP contribution in [-0.2, 0) is 27.2 Å². The van der Waals surface area contributed by atoms with Gasteiger partial charge in [-0.3, -0.25) is 9.59 Å². The summed E-state index contributed by atoms with van der Waals surface area (Å²) < 4.78 is 6.21. The van der Waals surface area contributed by atoms with E-state index in [0.717, 1.165) is 33.6 Å². The first-order valence-corrected chi connectivity index (χ1v) is 9.84. The van der Waals surface area contributed by atoms with Crippen LogP contribution in [0.5, 0.6) is 0 Å². The van der Waals surface area contributed by atoms with Gasteiger partial charge in [-0.25, -0.2) is 4.98 Å². The largest absolute Gasteiger partial charge is 0.456 e. The van der Waals surface area contributed by atoms with Crippen molar-refractivity contribution in [3.05, 3.63) is 59.1 Å². The predicted molar refractivity (Wildman–Crippen MR) is 108 cm³/mol. The van der Waals surface area contributed by atoms with E-state index in [4.69, 9.17) is 4.74 Å². The maximum Gasteiger partial charge on any atom is 0.306 e. The summed E-state index contributed by atoms with van der Waals surface area (Å²) in [7, 11) is 0. The number of hydrogen-bond acceptors (Lipinski definition) is 5. The summed E-state index contributed by atoms with van der Waals surface area (Å²) in [5.41, 5.74) is 2.84. The van der Waals surface area contributed by atoms with Gasteiger partial charge in [-0.1, -0.05) is 31.2 Å². The molecular weight excluding hydrogens is 360 g/mol. The molecule has 1 heterocycles. The molecule has 3 aromatic rings. The fraction of sp³-hybridized carbons (Fsp3) is 0.286. The van der Waals surface area contributed by atoms with E-state index in [2.05, 4.69) is 17.2 Å². The van der Waals surface area contributed by atoms with Crippen molar-refractivity contribution >= 4 is 39.1 Å². The van der Waals surface area contributed by atoms with E-state index in [1.165, 1.54) is 0 Å². The molecule has 0 radical (unpaired) electrons. The molecular formula is C21H22N2O3S. The third-order valence-corrected chi connectivity index (χ3v) is 5.19. The molecule has 0 spiro atoms. The number of aryl methyl sites for hydroxylation is 2. The van der Waals surface area contributed by atoms with Crippen LogP contribution < -0.4 is 5.32 Å². The van der Waals surface area contributed by atoms with Crippen LogP contribution in [0.2, 0.25) is 0 Å². The quantitative estimate of drug-likeness (QED) is 0.588. The molecule has 1 aromatic heterocycles. The van der Waals surface area contributed by atoms with Crippen molar-refractivity contribution in [3.63, 3.8) is 0 Å². The molecule has 27 heavy (non-hydrogen) atoms. The molecule has 0 saturated carbocycles. The maximum atomic E-state index is 11.9.